The highest BCUT2D eigenvalue weighted by Crippen LogP contribution is 2.18. The van der Waals surface area contributed by atoms with E-state index in [2.05, 4.69) is 53.2 Å². The lowest BCUT2D eigenvalue weighted by molar-refractivity contribution is 0.218. The van der Waals surface area contributed by atoms with E-state index in [0.29, 0.717) is 0 Å². The third kappa shape index (κ3) is 6.29. The van der Waals surface area contributed by atoms with Gasteiger partial charge < -0.3 is 10.1 Å². The third-order valence-electron chi connectivity index (χ3n) is 3.69. The van der Waals surface area contributed by atoms with E-state index in [1.165, 1.54) is 36.6 Å². The van der Waals surface area contributed by atoms with E-state index in [9.17, 15) is 0 Å². The highest BCUT2D eigenvalue weighted by atomic mass is 32.2. The topological polar surface area (TPSA) is 24.5 Å². The molecule has 0 saturated carbocycles. The number of hydrogen-bond acceptors (Lipinski definition) is 4. The largest absolute Gasteiger partial charge is 0.492 e. The number of hydrogen-bond donors (Lipinski definition) is 1. The molecule has 0 aliphatic carbocycles. The van der Waals surface area contributed by atoms with Crippen molar-refractivity contribution in [1.82, 2.24) is 10.2 Å². The van der Waals surface area contributed by atoms with E-state index in [1.54, 1.807) is 0 Å². The zero-order valence-electron chi connectivity index (χ0n) is 13.1. The Morgan fingerprint density at radius 2 is 2.14 bits per heavy atom. The number of thioether (sulfide) groups is 1. The van der Waals surface area contributed by atoms with Crippen LogP contribution < -0.4 is 10.1 Å². The molecule has 118 valence electrons. The Balaban J connectivity index is 1.76. The number of nitrogens with zero attached hydrogens (tertiary/aromatic N) is 1. The Bertz CT molecular complexity index is 392. The first kappa shape index (κ1) is 16.7. The fraction of sp³-hybridized carbons (Fsp3) is 0.647. The van der Waals surface area contributed by atoms with Gasteiger partial charge in [-0.15, -0.1) is 0 Å². The molecule has 1 saturated heterocycles. The first-order valence-electron chi connectivity index (χ1n) is 8.11. The number of nitrogens with one attached hydrogen (secondary N) is 1. The fourth-order valence-corrected chi connectivity index (χ4v) is 3.42. The molecule has 0 aromatic heterocycles. The molecule has 0 atom stereocenters. The van der Waals surface area contributed by atoms with Crippen molar-refractivity contribution >= 4 is 11.8 Å². The quantitative estimate of drug-likeness (QED) is 0.746. The van der Waals surface area contributed by atoms with Crippen molar-refractivity contribution in [1.29, 1.82) is 0 Å². The van der Waals surface area contributed by atoms with Gasteiger partial charge in [-0.1, -0.05) is 25.1 Å². The highest BCUT2D eigenvalue weighted by Gasteiger charge is 2.09. The molecule has 0 bridgehead atoms. The van der Waals surface area contributed by atoms with Crippen molar-refractivity contribution in [2.24, 2.45) is 0 Å². The predicted octanol–water partition coefficient (Wildman–Crippen LogP) is 3.00. The van der Waals surface area contributed by atoms with Gasteiger partial charge in [0.25, 0.3) is 0 Å². The van der Waals surface area contributed by atoms with Crippen LogP contribution in [0.25, 0.3) is 0 Å². The molecule has 1 N–H and O–H groups in total. The molecule has 0 radical (unpaired) electrons. The summed E-state index contributed by atoms with van der Waals surface area (Å²) in [5, 5.41) is 3.45. The van der Waals surface area contributed by atoms with Gasteiger partial charge in [0.05, 0.1) is 0 Å². The van der Waals surface area contributed by atoms with Gasteiger partial charge in [-0.3, -0.25) is 4.90 Å². The summed E-state index contributed by atoms with van der Waals surface area (Å²) < 4.78 is 6.02. The monoisotopic (exact) mass is 308 g/mol. The first-order chi connectivity index (χ1) is 10.4. The van der Waals surface area contributed by atoms with Crippen LogP contribution in [0.5, 0.6) is 5.75 Å². The summed E-state index contributed by atoms with van der Waals surface area (Å²) in [5.74, 6) is 3.60. The number of benzene rings is 1. The van der Waals surface area contributed by atoms with E-state index in [-0.39, 0.29) is 0 Å². The average molecular weight is 308 g/mol. The van der Waals surface area contributed by atoms with Crippen LogP contribution >= 0.6 is 11.8 Å². The Morgan fingerprint density at radius 3 is 3.05 bits per heavy atom. The number of ether oxygens (including phenoxy) is 1. The van der Waals surface area contributed by atoms with E-state index >= 15 is 0 Å². The standard InChI is InChI=1S/C17H28N2OS/c1-2-8-18-15-16-6-3-4-7-17(16)20-12-10-19-9-5-13-21-14-11-19/h3-4,6-7,18H,2,5,8-15H2,1H3. The van der Waals surface area contributed by atoms with Gasteiger partial charge in [0.1, 0.15) is 12.4 Å². The Labute approximate surface area is 133 Å². The summed E-state index contributed by atoms with van der Waals surface area (Å²) in [6.45, 7) is 8.38. The fourth-order valence-electron chi connectivity index (χ4n) is 2.50. The maximum Gasteiger partial charge on any atom is 0.123 e. The lowest BCUT2D eigenvalue weighted by atomic mass is 10.2. The molecule has 1 aliphatic rings. The van der Waals surface area contributed by atoms with E-state index in [1.807, 2.05) is 0 Å². The van der Waals surface area contributed by atoms with Crippen molar-refractivity contribution < 1.29 is 4.74 Å². The number of rotatable bonds is 8. The van der Waals surface area contributed by atoms with Crippen molar-refractivity contribution in [3.63, 3.8) is 0 Å². The van der Waals surface area contributed by atoms with E-state index in [0.717, 1.165) is 38.4 Å². The molecule has 1 aromatic carbocycles. The lowest BCUT2D eigenvalue weighted by Crippen LogP contribution is -2.30. The molecule has 0 spiro atoms. The van der Waals surface area contributed by atoms with Gasteiger partial charge in [0.2, 0.25) is 0 Å². The molecule has 0 amide bonds. The van der Waals surface area contributed by atoms with Crippen LogP contribution in [-0.4, -0.2) is 49.2 Å². The SMILES string of the molecule is CCCNCc1ccccc1OCCN1CCCSCC1. The minimum Gasteiger partial charge on any atom is -0.492 e. The van der Waals surface area contributed by atoms with Gasteiger partial charge in [0, 0.05) is 31.0 Å². The maximum absolute atomic E-state index is 6.02. The molecule has 1 aliphatic heterocycles. The predicted molar refractivity (Wildman–Crippen MR) is 92.3 cm³/mol. The smallest absolute Gasteiger partial charge is 0.123 e. The summed E-state index contributed by atoms with van der Waals surface area (Å²) in [7, 11) is 0. The average Bonchev–Trinajstić information content (AvgIpc) is 2.78. The second-order valence-corrected chi connectivity index (χ2v) is 6.67. The molecule has 1 heterocycles. The van der Waals surface area contributed by atoms with Gasteiger partial charge in [-0.05, 0) is 37.8 Å². The van der Waals surface area contributed by atoms with Gasteiger partial charge in [-0.25, -0.2) is 0 Å². The van der Waals surface area contributed by atoms with Gasteiger partial charge >= 0.3 is 0 Å². The van der Waals surface area contributed by atoms with E-state index < -0.39 is 0 Å². The maximum atomic E-state index is 6.02. The Morgan fingerprint density at radius 1 is 1.24 bits per heavy atom. The minimum absolute atomic E-state index is 0.787. The van der Waals surface area contributed by atoms with Crippen molar-refractivity contribution in [2.45, 2.75) is 26.3 Å². The van der Waals surface area contributed by atoms with Crippen LogP contribution in [0.15, 0.2) is 24.3 Å². The second-order valence-electron chi connectivity index (χ2n) is 5.44. The van der Waals surface area contributed by atoms with Crippen LogP contribution in [0.1, 0.15) is 25.3 Å². The van der Waals surface area contributed by atoms with Gasteiger partial charge in [-0.2, -0.15) is 11.8 Å². The van der Waals surface area contributed by atoms with Crippen LogP contribution in [0.2, 0.25) is 0 Å². The Kier molecular flexibility index (Phi) is 8.00. The summed E-state index contributed by atoms with van der Waals surface area (Å²) >= 11 is 2.07. The molecule has 0 unspecified atom stereocenters. The van der Waals surface area contributed by atoms with Crippen LogP contribution in [-0.2, 0) is 6.54 Å². The minimum atomic E-state index is 0.787. The lowest BCUT2D eigenvalue weighted by Gasteiger charge is -2.20. The molecular weight excluding hydrogens is 280 g/mol. The van der Waals surface area contributed by atoms with Crippen molar-refractivity contribution in [3.05, 3.63) is 29.8 Å². The molecular formula is C17H28N2OS. The molecule has 4 heteroatoms. The van der Waals surface area contributed by atoms with Crippen LogP contribution in [0.3, 0.4) is 0 Å². The summed E-state index contributed by atoms with van der Waals surface area (Å²) in [6.07, 6.45) is 2.47. The zero-order valence-corrected chi connectivity index (χ0v) is 14.0. The van der Waals surface area contributed by atoms with E-state index in [4.69, 9.17) is 4.74 Å². The summed E-state index contributed by atoms with van der Waals surface area (Å²) in [4.78, 5) is 2.53. The van der Waals surface area contributed by atoms with Crippen LogP contribution in [0, 0.1) is 0 Å². The first-order valence-corrected chi connectivity index (χ1v) is 9.27. The molecule has 1 fully saturated rings. The Hall–Kier alpha value is -0.710. The normalized spacial score (nSPS) is 16.6. The highest BCUT2D eigenvalue weighted by molar-refractivity contribution is 7.99. The molecule has 21 heavy (non-hydrogen) atoms. The molecule has 2 rings (SSSR count). The summed E-state index contributed by atoms with van der Waals surface area (Å²) in [6, 6.07) is 8.38. The third-order valence-corrected chi connectivity index (χ3v) is 4.74. The van der Waals surface area contributed by atoms with Gasteiger partial charge in [0.15, 0.2) is 0 Å². The van der Waals surface area contributed by atoms with Crippen molar-refractivity contribution in [3.8, 4) is 5.75 Å². The molecule has 1 aromatic rings. The molecule has 3 nitrogen and oxygen atoms in total. The summed E-state index contributed by atoms with van der Waals surface area (Å²) in [5.41, 5.74) is 1.26. The number of para-hydroxylation sites is 1. The van der Waals surface area contributed by atoms with Crippen LogP contribution in [0.4, 0.5) is 0 Å². The van der Waals surface area contributed by atoms with Crippen molar-refractivity contribution in [2.75, 3.05) is 44.3 Å². The zero-order chi connectivity index (χ0) is 14.8. The second kappa shape index (κ2) is 10.1.